The number of rotatable bonds is 5. The Bertz CT molecular complexity index is 588. The van der Waals surface area contributed by atoms with E-state index in [2.05, 4.69) is 16.6 Å². The fraction of sp³-hybridized carbons (Fsp3) is 0.385. The molecule has 1 rings (SSSR count). The zero-order valence-corrected chi connectivity index (χ0v) is 12.2. The van der Waals surface area contributed by atoms with E-state index in [1.807, 2.05) is 0 Å². The van der Waals surface area contributed by atoms with Crippen molar-refractivity contribution in [2.24, 2.45) is 0 Å². The number of halogens is 1. The van der Waals surface area contributed by atoms with Crippen LogP contribution in [0.2, 0.25) is 5.02 Å². The molecule has 19 heavy (non-hydrogen) atoms. The highest BCUT2D eigenvalue weighted by Crippen LogP contribution is 2.21. The Kier molecular flexibility index (Phi) is 6.16. The molecule has 0 saturated heterocycles. The molecule has 0 spiro atoms. The molecule has 0 radical (unpaired) electrons. The zero-order valence-electron chi connectivity index (χ0n) is 10.6. The van der Waals surface area contributed by atoms with Crippen molar-refractivity contribution in [2.45, 2.75) is 19.8 Å². The van der Waals surface area contributed by atoms with Crippen LogP contribution in [-0.2, 0) is 10.0 Å². The van der Waals surface area contributed by atoms with Crippen LogP contribution in [0.4, 0.5) is 5.69 Å². The average Bonchev–Trinajstić information content (AvgIpc) is 2.31. The minimum atomic E-state index is -3.38. The Morgan fingerprint density at radius 2 is 2.16 bits per heavy atom. The van der Waals surface area contributed by atoms with Crippen LogP contribution in [-0.4, -0.2) is 25.9 Å². The van der Waals surface area contributed by atoms with Crippen LogP contribution in [0.1, 0.15) is 25.3 Å². The monoisotopic (exact) mass is 301 g/mol. The van der Waals surface area contributed by atoms with Gasteiger partial charge in [0.15, 0.2) is 0 Å². The molecule has 0 aliphatic rings. The maximum absolute atomic E-state index is 11.8. The SMILES string of the molecule is CCCS(=O)(=O)Nc1cc(Cl)ccc1C#CCCO. The Hall–Kier alpha value is -1.22. The van der Waals surface area contributed by atoms with Crippen LogP contribution in [0, 0.1) is 11.8 Å². The lowest BCUT2D eigenvalue weighted by Gasteiger charge is -2.09. The molecule has 0 heterocycles. The van der Waals surface area contributed by atoms with Gasteiger partial charge in [-0.15, -0.1) is 0 Å². The van der Waals surface area contributed by atoms with E-state index in [0.29, 0.717) is 29.1 Å². The molecule has 0 bridgehead atoms. The molecule has 1 aromatic carbocycles. The molecule has 0 atom stereocenters. The summed E-state index contributed by atoms with van der Waals surface area (Å²) in [4.78, 5) is 0. The quantitative estimate of drug-likeness (QED) is 0.820. The zero-order chi connectivity index (χ0) is 14.3. The van der Waals surface area contributed by atoms with E-state index < -0.39 is 10.0 Å². The number of aliphatic hydroxyl groups is 1. The van der Waals surface area contributed by atoms with Gasteiger partial charge in [0.05, 0.1) is 18.0 Å². The first-order valence-electron chi connectivity index (χ1n) is 5.88. The van der Waals surface area contributed by atoms with Gasteiger partial charge >= 0.3 is 0 Å². The summed E-state index contributed by atoms with van der Waals surface area (Å²) in [6.07, 6.45) is 0.866. The molecular formula is C13H16ClNO3S. The highest BCUT2D eigenvalue weighted by molar-refractivity contribution is 7.92. The van der Waals surface area contributed by atoms with Gasteiger partial charge in [0.1, 0.15) is 0 Å². The van der Waals surface area contributed by atoms with Crippen molar-refractivity contribution in [1.29, 1.82) is 0 Å². The Morgan fingerprint density at radius 3 is 2.79 bits per heavy atom. The lowest BCUT2D eigenvalue weighted by atomic mass is 10.2. The van der Waals surface area contributed by atoms with Gasteiger partial charge in [-0.3, -0.25) is 4.72 Å². The van der Waals surface area contributed by atoms with Crippen LogP contribution >= 0.6 is 11.6 Å². The van der Waals surface area contributed by atoms with Gasteiger partial charge in [-0.1, -0.05) is 30.4 Å². The first-order valence-corrected chi connectivity index (χ1v) is 7.91. The first kappa shape index (κ1) is 15.8. The van der Waals surface area contributed by atoms with Gasteiger partial charge in [0.25, 0.3) is 0 Å². The molecule has 0 unspecified atom stereocenters. The first-order chi connectivity index (χ1) is 8.98. The molecule has 2 N–H and O–H groups in total. The standard InChI is InChI=1S/C13H16ClNO3S/c1-2-9-19(17,18)15-13-10-12(14)7-6-11(13)5-3-4-8-16/h6-7,10,15-16H,2,4,8-9H2,1H3. The minimum absolute atomic E-state index is 0.0303. The van der Waals surface area contributed by atoms with Gasteiger partial charge in [0, 0.05) is 17.0 Å². The molecule has 4 nitrogen and oxygen atoms in total. The summed E-state index contributed by atoms with van der Waals surface area (Å²) in [6.45, 7) is 1.76. The summed E-state index contributed by atoms with van der Waals surface area (Å²) in [5, 5.41) is 9.11. The third kappa shape index (κ3) is 5.52. The second kappa shape index (κ2) is 7.39. The number of hydrogen-bond donors (Lipinski definition) is 2. The van der Waals surface area contributed by atoms with Crippen molar-refractivity contribution in [2.75, 3.05) is 17.1 Å². The summed E-state index contributed by atoms with van der Waals surface area (Å²) in [6, 6.07) is 4.82. The predicted molar refractivity (Wildman–Crippen MR) is 77.7 cm³/mol. The Labute approximate surface area is 118 Å². The normalized spacial score (nSPS) is 10.7. The molecule has 104 valence electrons. The lowest BCUT2D eigenvalue weighted by molar-refractivity contribution is 0.305. The lowest BCUT2D eigenvalue weighted by Crippen LogP contribution is -2.16. The molecule has 0 aliphatic heterocycles. The third-order valence-corrected chi connectivity index (χ3v) is 3.89. The number of sulfonamides is 1. The number of anilines is 1. The molecule has 0 aliphatic carbocycles. The molecule has 0 saturated carbocycles. The third-order valence-electron chi connectivity index (χ3n) is 2.18. The van der Waals surface area contributed by atoms with Crippen LogP contribution in [0.3, 0.4) is 0 Å². The maximum Gasteiger partial charge on any atom is 0.232 e. The van der Waals surface area contributed by atoms with Crippen molar-refractivity contribution in [3.63, 3.8) is 0 Å². The second-order valence-electron chi connectivity index (χ2n) is 3.89. The van der Waals surface area contributed by atoms with Crippen LogP contribution in [0.5, 0.6) is 0 Å². The molecule has 0 aromatic heterocycles. The predicted octanol–water partition coefficient (Wildman–Crippen LogP) is 2.23. The van der Waals surface area contributed by atoms with E-state index in [1.165, 1.54) is 6.07 Å². The minimum Gasteiger partial charge on any atom is -0.395 e. The molecule has 6 heteroatoms. The van der Waals surface area contributed by atoms with E-state index in [0.717, 1.165) is 0 Å². The number of nitrogens with one attached hydrogen (secondary N) is 1. The number of benzene rings is 1. The van der Waals surface area contributed by atoms with Crippen molar-refractivity contribution in [1.82, 2.24) is 0 Å². The number of hydrogen-bond acceptors (Lipinski definition) is 3. The van der Waals surface area contributed by atoms with Crippen LogP contribution in [0.25, 0.3) is 0 Å². The van der Waals surface area contributed by atoms with Gasteiger partial charge in [0.2, 0.25) is 10.0 Å². The van der Waals surface area contributed by atoms with Gasteiger partial charge in [-0.25, -0.2) is 8.42 Å². The molecule has 1 aromatic rings. The van der Waals surface area contributed by atoms with E-state index in [1.54, 1.807) is 19.1 Å². The topological polar surface area (TPSA) is 66.4 Å². The van der Waals surface area contributed by atoms with E-state index in [9.17, 15) is 8.42 Å². The maximum atomic E-state index is 11.8. The van der Waals surface area contributed by atoms with E-state index in [4.69, 9.17) is 16.7 Å². The highest BCUT2D eigenvalue weighted by atomic mass is 35.5. The van der Waals surface area contributed by atoms with E-state index in [-0.39, 0.29) is 12.4 Å². The molecule has 0 amide bonds. The highest BCUT2D eigenvalue weighted by Gasteiger charge is 2.11. The van der Waals surface area contributed by atoms with Gasteiger partial charge in [-0.2, -0.15) is 0 Å². The largest absolute Gasteiger partial charge is 0.395 e. The summed E-state index contributed by atoms with van der Waals surface area (Å²) >= 11 is 5.86. The second-order valence-corrected chi connectivity index (χ2v) is 6.16. The fourth-order valence-corrected chi connectivity index (χ4v) is 2.73. The van der Waals surface area contributed by atoms with Gasteiger partial charge in [-0.05, 0) is 24.6 Å². The van der Waals surface area contributed by atoms with E-state index >= 15 is 0 Å². The van der Waals surface area contributed by atoms with Crippen LogP contribution in [0.15, 0.2) is 18.2 Å². The van der Waals surface area contributed by atoms with Crippen molar-refractivity contribution >= 4 is 27.3 Å². The summed E-state index contributed by atoms with van der Waals surface area (Å²) < 4.78 is 26.0. The summed E-state index contributed by atoms with van der Waals surface area (Å²) in [5.74, 6) is 5.61. The van der Waals surface area contributed by atoms with Crippen molar-refractivity contribution in [3.05, 3.63) is 28.8 Å². The Morgan fingerprint density at radius 1 is 1.42 bits per heavy atom. The summed E-state index contributed by atoms with van der Waals surface area (Å²) in [7, 11) is -3.38. The number of aliphatic hydroxyl groups excluding tert-OH is 1. The Balaban J connectivity index is 3.05. The van der Waals surface area contributed by atoms with Gasteiger partial charge < -0.3 is 5.11 Å². The van der Waals surface area contributed by atoms with Crippen molar-refractivity contribution in [3.8, 4) is 11.8 Å². The van der Waals surface area contributed by atoms with Crippen LogP contribution < -0.4 is 4.72 Å². The molecular weight excluding hydrogens is 286 g/mol. The smallest absolute Gasteiger partial charge is 0.232 e. The fourth-order valence-electron chi connectivity index (χ4n) is 1.41. The molecule has 0 fully saturated rings. The summed E-state index contributed by atoms with van der Waals surface area (Å²) in [5.41, 5.74) is 0.906. The average molecular weight is 302 g/mol. The van der Waals surface area contributed by atoms with Crippen molar-refractivity contribution < 1.29 is 13.5 Å².